The van der Waals surface area contributed by atoms with Gasteiger partial charge in [-0.3, -0.25) is 0 Å². The van der Waals surface area contributed by atoms with Crippen molar-refractivity contribution < 1.29 is 0 Å². The number of nitrogens with one attached hydrogen (secondary N) is 1. The van der Waals surface area contributed by atoms with E-state index in [1.54, 1.807) is 6.07 Å². The molecule has 2 rings (SSSR count). The van der Waals surface area contributed by atoms with Gasteiger partial charge < -0.3 is 5.32 Å². The van der Waals surface area contributed by atoms with Crippen LogP contribution in [0.15, 0.2) is 36.4 Å². The van der Waals surface area contributed by atoms with Gasteiger partial charge in [0.05, 0.1) is 5.69 Å². The van der Waals surface area contributed by atoms with E-state index in [4.69, 9.17) is 34.8 Å². The minimum absolute atomic E-state index is 0.346. The van der Waals surface area contributed by atoms with Gasteiger partial charge in [0.15, 0.2) is 0 Å². The molecule has 1 heterocycles. The summed E-state index contributed by atoms with van der Waals surface area (Å²) in [4.78, 5) is 8.43. The van der Waals surface area contributed by atoms with E-state index in [0.29, 0.717) is 11.6 Å². The van der Waals surface area contributed by atoms with Crippen LogP contribution in [0, 0.1) is 6.92 Å². The molecule has 0 radical (unpaired) electrons. The van der Waals surface area contributed by atoms with Crippen molar-refractivity contribution in [3.05, 3.63) is 47.8 Å². The zero-order valence-electron chi connectivity index (χ0n) is 9.49. The summed E-state index contributed by atoms with van der Waals surface area (Å²) in [6.45, 7) is 1.82. The van der Waals surface area contributed by atoms with E-state index in [1.807, 2.05) is 37.3 Å². The monoisotopic (exact) mass is 301 g/mol. The van der Waals surface area contributed by atoms with Gasteiger partial charge in [-0.05, 0) is 25.1 Å². The Labute approximate surface area is 120 Å². The molecule has 18 heavy (non-hydrogen) atoms. The molecular formula is C12H10Cl3N3. The highest BCUT2D eigenvalue weighted by Gasteiger charge is 2.25. The standard InChI is InChI=1S/C12H10Cl3N3/c1-8-7-10(12(13,14)15)18-11(16-8)17-9-5-3-2-4-6-9/h2-7H,1H3,(H,16,17,18). The fourth-order valence-corrected chi connectivity index (χ4v) is 1.71. The topological polar surface area (TPSA) is 37.8 Å². The van der Waals surface area contributed by atoms with Crippen LogP contribution >= 0.6 is 34.8 Å². The zero-order chi connectivity index (χ0) is 13.2. The van der Waals surface area contributed by atoms with E-state index >= 15 is 0 Å². The van der Waals surface area contributed by atoms with Crippen molar-refractivity contribution in [3.63, 3.8) is 0 Å². The molecule has 1 aromatic carbocycles. The first kappa shape index (κ1) is 13.4. The third-order valence-corrected chi connectivity index (χ3v) is 2.76. The van der Waals surface area contributed by atoms with Gasteiger partial charge in [-0.25, -0.2) is 9.97 Å². The number of benzene rings is 1. The van der Waals surface area contributed by atoms with Crippen molar-refractivity contribution in [1.82, 2.24) is 9.97 Å². The number of hydrogen-bond acceptors (Lipinski definition) is 3. The molecule has 0 aliphatic heterocycles. The Morgan fingerprint density at radius 2 is 1.72 bits per heavy atom. The number of anilines is 2. The van der Waals surface area contributed by atoms with Crippen molar-refractivity contribution in [3.8, 4) is 0 Å². The normalized spacial score (nSPS) is 11.3. The molecule has 6 heteroatoms. The molecule has 1 N–H and O–H groups in total. The molecule has 94 valence electrons. The van der Waals surface area contributed by atoms with Crippen molar-refractivity contribution in [2.24, 2.45) is 0 Å². The number of aryl methyl sites for hydroxylation is 1. The number of aromatic nitrogens is 2. The predicted octanol–water partition coefficient (Wildman–Crippen LogP) is 4.36. The summed E-state index contributed by atoms with van der Waals surface area (Å²) in [5.74, 6) is 0.405. The smallest absolute Gasteiger partial charge is 0.232 e. The average Bonchev–Trinajstić information content (AvgIpc) is 2.28. The third kappa shape index (κ3) is 3.48. The maximum absolute atomic E-state index is 5.82. The molecule has 0 aliphatic carbocycles. The van der Waals surface area contributed by atoms with E-state index in [0.717, 1.165) is 11.4 Å². The van der Waals surface area contributed by atoms with Crippen molar-refractivity contribution >= 4 is 46.4 Å². The van der Waals surface area contributed by atoms with Gasteiger partial charge in [0, 0.05) is 11.4 Å². The van der Waals surface area contributed by atoms with Crippen LogP contribution in [0.4, 0.5) is 11.6 Å². The molecule has 0 unspecified atom stereocenters. The van der Waals surface area contributed by atoms with Crippen molar-refractivity contribution in [2.75, 3.05) is 5.32 Å². The van der Waals surface area contributed by atoms with Gasteiger partial charge in [-0.1, -0.05) is 53.0 Å². The highest BCUT2D eigenvalue weighted by Crippen LogP contribution is 2.37. The van der Waals surface area contributed by atoms with Crippen LogP contribution in [0.5, 0.6) is 0 Å². The quantitative estimate of drug-likeness (QED) is 0.838. The van der Waals surface area contributed by atoms with E-state index < -0.39 is 3.79 Å². The summed E-state index contributed by atoms with van der Waals surface area (Å²) in [6, 6.07) is 11.2. The molecule has 2 aromatic rings. The second-order valence-electron chi connectivity index (χ2n) is 3.71. The van der Waals surface area contributed by atoms with Crippen LogP contribution < -0.4 is 5.32 Å². The minimum Gasteiger partial charge on any atom is -0.324 e. The lowest BCUT2D eigenvalue weighted by Gasteiger charge is -2.13. The van der Waals surface area contributed by atoms with Crippen LogP contribution in [0.25, 0.3) is 0 Å². The summed E-state index contributed by atoms with van der Waals surface area (Å²) >= 11 is 17.5. The number of rotatable bonds is 2. The second kappa shape index (κ2) is 5.31. The molecule has 0 aliphatic rings. The van der Waals surface area contributed by atoms with Crippen molar-refractivity contribution in [2.45, 2.75) is 10.7 Å². The lowest BCUT2D eigenvalue weighted by Crippen LogP contribution is -2.08. The Balaban J connectivity index is 2.32. The van der Waals surface area contributed by atoms with Gasteiger partial charge >= 0.3 is 0 Å². The highest BCUT2D eigenvalue weighted by atomic mass is 35.6. The Morgan fingerprint density at radius 3 is 2.33 bits per heavy atom. The average molecular weight is 303 g/mol. The Morgan fingerprint density at radius 1 is 1.06 bits per heavy atom. The highest BCUT2D eigenvalue weighted by molar-refractivity contribution is 6.66. The number of nitrogens with zero attached hydrogens (tertiary/aromatic N) is 2. The van der Waals surface area contributed by atoms with Gasteiger partial charge in [-0.2, -0.15) is 0 Å². The summed E-state index contributed by atoms with van der Waals surface area (Å²) < 4.78 is -1.55. The molecule has 0 fully saturated rings. The van der Waals surface area contributed by atoms with Crippen molar-refractivity contribution in [1.29, 1.82) is 0 Å². The van der Waals surface area contributed by atoms with E-state index in [1.165, 1.54) is 0 Å². The first-order chi connectivity index (χ1) is 8.45. The molecule has 1 aromatic heterocycles. The predicted molar refractivity (Wildman–Crippen MR) is 75.7 cm³/mol. The van der Waals surface area contributed by atoms with Crippen LogP contribution in [0.3, 0.4) is 0 Å². The fourth-order valence-electron chi connectivity index (χ4n) is 1.42. The summed E-state index contributed by atoms with van der Waals surface area (Å²) in [6.07, 6.45) is 0. The fraction of sp³-hybridized carbons (Fsp3) is 0.167. The molecule has 3 nitrogen and oxygen atoms in total. The van der Waals surface area contributed by atoms with Gasteiger partial charge in [-0.15, -0.1) is 0 Å². The maximum atomic E-state index is 5.82. The van der Waals surface area contributed by atoms with Crippen LogP contribution in [0.2, 0.25) is 0 Å². The number of hydrogen-bond donors (Lipinski definition) is 1. The molecule has 0 bridgehead atoms. The Kier molecular flexibility index (Phi) is 3.95. The molecule has 0 saturated heterocycles. The molecule has 0 saturated carbocycles. The molecule has 0 atom stereocenters. The minimum atomic E-state index is -1.55. The largest absolute Gasteiger partial charge is 0.324 e. The number of halogens is 3. The lowest BCUT2D eigenvalue weighted by molar-refractivity contribution is 1.01. The summed E-state index contributed by atoms with van der Waals surface area (Å²) in [5, 5.41) is 3.06. The van der Waals surface area contributed by atoms with Gasteiger partial charge in [0.25, 0.3) is 0 Å². The number of alkyl halides is 3. The second-order valence-corrected chi connectivity index (χ2v) is 5.99. The molecule has 0 spiro atoms. The van der Waals surface area contributed by atoms with Gasteiger partial charge in [0.2, 0.25) is 9.74 Å². The Bertz CT molecular complexity index is 538. The van der Waals surface area contributed by atoms with E-state index in [2.05, 4.69) is 15.3 Å². The SMILES string of the molecule is Cc1cc(C(Cl)(Cl)Cl)nc(Nc2ccccc2)n1. The van der Waals surface area contributed by atoms with Crippen LogP contribution in [-0.2, 0) is 3.79 Å². The molecule has 0 amide bonds. The van der Waals surface area contributed by atoms with E-state index in [9.17, 15) is 0 Å². The number of para-hydroxylation sites is 1. The first-order valence-electron chi connectivity index (χ1n) is 5.20. The van der Waals surface area contributed by atoms with Crippen LogP contribution in [-0.4, -0.2) is 9.97 Å². The summed E-state index contributed by atoms with van der Waals surface area (Å²) in [7, 11) is 0. The van der Waals surface area contributed by atoms with Gasteiger partial charge in [0.1, 0.15) is 0 Å². The third-order valence-electron chi connectivity index (χ3n) is 2.17. The Hall–Kier alpha value is -1.03. The van der Waals surface area contributed by atoms with E-state index in [-0.39, 0.29) is 0 Å². The lowest BCUT2D eigenvalue weighted by atomic mass is 10.3. The molecular weight excluding hydrogens is 293 g/mol. The first-order valence-corrected chi connectivity index (χ1v) is 6.33. The maximum Gasteiger partial charge on any atom is 0.232 e. The van der Waals surface area contributed by atoms with Crippen LogP contribution in [0.1, 0.15) is 11.4 Å². The zero-order valence-corrected chi connectivity index (χ0v) is 11.8. The summed E-state index contributed by atoms with van der Waals surface area (Å²) in [5.41, 5.74) is 1.95.